The van der Waals surface area contributed by atoms with Gasteiger partial charge in [0.15, 0.2) is 6.10 Å². The third-order valence-electron chi connectivity index (χ3n) is 10.5. The molecule has 0 rings (SSSR count). The van der Waals surface area contributed by atoms with Gasteiger partial charge in [0.2, 0.25) is 0 Å². The maximum absolute atomic E-state index is 12.7. The summed E-state index contributed by atoms with van der Waals surface area (Å²) in [6, 6.07) is 0. The van der Waals surface area contributed by atoms with Crippen molar-refractivity contribution in [3.8, 4) is 0 Å². The molecule has 0 aliphatic rings. The predicted molar refractivity (Wildman–Crippen MR) is 241 cm³/mol. The van der Waals surface area contributed by atoms with Crippen LogP contribution in [0.1, 0.15) is 219 Å². The van der Waals surface area contributed by atoms with E-state index in [1.165, 1.54) is 135 Å². The predicted octanol–water partition coefficient (Wildman–Crippen LogP) is 13.3. The zero-order valence-electron chi connectivity index (χ0n) is 38.5. The lowest BCUT2D eigenvalue weighted by atomic mass is 10.0. The van der Waals surface area contributed by atoms with E-state index in [2.05, 4.69) is 38.2 Å². The summed E-state index contributed by atoms with van der Waals surface area (Å²) in [7, 11) is 1.17. The van der Waals surface area contributed by atoms with Crippen LogP contribution in [-0.2, 0) is 32.7 Å². The lowest BCUT2D eigenvalue weighted by Gasteiger charge is -2.28. The molecule has 0 spiro atoms. The lowest BCUT2D eigenvalue weighted by molar-refractivity contribution is -0.870. The quantitative estimate of drug-likeness (QED) is 0.0196. The van der Waals surface area contributed by atoms with Crippen molar-refractivity contribution in [1.82, 2.24) is 0 Å². The second-order valence-electron chi connectivity index (χ2n) is 17.5. The van der Waals surface area contributed by atoms with Crippen molar-refractivity contribution < 1.29 is 42.1 Å². The zero-order valence-corrected chi connectivity index (χ0v) is 39.4. The maximum Gasteiger partial charge on any atom is 0.306 e. The van der Waals surface area contributed by atoms with Crippen molar-refractivity contribution >= 4 is 19.8 Å². The van der Waals surface area contributed by atoms with Gasteiger partial charge in [-0.3, -0.25) is 14.2 Å². The van der Waals surface area contributed by atoms with E-state index in [0.29, 0.717) is 17.4 Å². The minimum atomic E-state index is -4.62. The second kappa shape index (κ2) is 40.9. The molecule has 342 valence electrons. The van der Waals surface area contributed by atoms with E-state index in [1.807, 2.05) is 21.1 Å². The molecule has 0 N–H and O–H groups in total. The van der Waals surface area contributed by atoms with Gasteiger partial charge in [0, 0.05) is 12.8 Å². The number of rotatable bonds is 44. The number of phosphoric ester groups is 1. The molecule has 0 aromatic carbocycles. The van der Waals surface area contributed by atoms with E-state index in [0.717, 1.165) is 51.4 Å². The highest BCUT2D eigenvalue weighted by molar-refractivity contribution is 7.45. The smallest absolute Gasteiger partial charge is 0.306 e. The van der Waals surface area contributed by atoms with Gasteiger partial charge < -0.3 is 27.9 Å². The van der Waals surface area contributed by atoms with E-state index in [-0.39, 0.29) is 32.0 Å². The minimum Gasteiger partial charge on any atom is -0.756 e. The first-order valence-corrected chi connectivity index (χ1v) is 25.5. The Morgan fingerprint density at radius 2 is 0.931 bits per heavy atom. The number of hydrogen-bond donors (Lipinski definition) is 0. The maximum atomic E-state index is 12.7. The zero-order chi connectivity index (χ0) is 42.8. The normalized spacial score (nSPS) is 13.7. The molecule has 0 fully saturated rings. The van der Waals surface area contributed by atoms with Gasteiger partial charge in [-0.1, -0.05) is 186 Å². The molecule has 0 radical (unpaired) electrons. The van der Waals surface area contributed by atoms with Gasteiger partial charge in [0.05, 0.1) is 27.7 Å². The Bertz CT molecular complexity index is 1040. The molecular formula is C48H92NO8P. The van der Waals surface area contributed by atoms with Crippen LogP contribution >= 0.6 is 7.82 Å². The van der Waals surface area contributed by atoms with Crippen LogP contribution < -0.4 is 4.89 Å². The fraction of sp³-hybridized carbons (Fsp3) is 0.875. The third-order valence-corrected chi connectivity index (χ3v) is 11.4. The molecule has 0 aromatic heterocycles. The highest BCUT2D eigenvalue weighted by atomic mass is 31.2. The number of carbonyl (C=O) groups excluding carboxylic acids is 2. The average molecular weight is 842 g/mol. The van der Waals surface area contributed by atoms with E-state index < -0.39 is 26.5 Å². The van der Waals surface area contributed by atoms with Gasteiger partial charge >= 0.3 is 11.9 Å². The van der Waals surface area contributed by atoms with E-state index in [4.69, 9.17) is 18.5 Å². The van der Waals surface area contributed by atoms with Crippen molar-refractivity contribution in [2.45, 2.75) is 225 Å². The Kier molecular flexibility index (Phi) is 39.8. The number of ether oxygens (including phenoxy) is 2. The van der Waals surface area contributed by atoms with Crippen LogP contribution in [-0.4, -0.2) is 70.0 Å². The molecule has 0 saturated heterocycles. The number of likely N-dealkylation sites (N-methyl/N-ethyl adjacent to an activating group) is 1. The summed E-state index contributed by atoms with van der Waals surface area (Å²) in [5.41, 5.74) is 0. The highest BCUT2D eigenvalue weighted by Crippen LogP contribution is 2.38. The molecule has 9 nitrogen and oxygen atoms in total. The van der Waals surface area contributed by atoms with Gasteiger partial charge in [-0.15, -0.1) is 0 Å². The summed E-state index contributed by atoms with van der Waals surface area (Å²) >= 11 is 0. The second-order valence-corrected chi connectivity index (χ2v) is 18.9. The van der Waals surface area contributed by atoms with Gasteiger partial charge in [0.25, 0.3) is 7.82 Å². The number of esters is 2. The summed E-state index contributed by atoms with van der Waals surface area (Å²) in [5.74, 6) is -0.829. The first-order chi connectivity index (χ1) is 28.0. The standard InChI is InChI=1S/C48H92NO8P/c1-6-8-10-12-14-16-18-20-22-23-24-25-27-29-31-33-35-37-39-41-48(51)57-46(45-56-58(52,53)55-43-42-49(3,4)5)44-54-47(50)40-38-36-34-32-30-28-26-21-19-17-15-13-11-9-7-2/h14,16,20,22,46H,6-13,15,17-19,21,23-45H2,1-5H3/b16-14+,22-20+/t46-/m1/s1. The van der Waals surface area contributed by atoms with Crippen molar-refractivity contribution in [3.63, 3.8) is 0 Å². The number of carbonyl (C=O) groups is 2. The van der Waals surface area contributed by atoms with Crippen LogP contribution in [0.3, 0.4) is 0 Å². The molecule has 0 aliphatic carbocycles. The molecule has 0 aliphatic heterocycles. The van der Waals surface area contributed by atoms with Crippen molar-refractivity contribution in [2.24, 2.45) is 0 Å². The van der Waals surface area contributed by atoms with Crippen LogP contribution in [0.4, 0.5) is 0 Å². The van der Waals surface area contributed by atoms with Crippen LogP contribution in [0.25, 0.3) is 0 Å². The Balaban J connectivity index is 4.28. The molecule has 0 amide bonds. The largest absolute Gasteiger partial charge is 0.756 e. The van der Waals surface area contributed by atoms with Crippen LogP contribution in [0.5, 0.6) is 0 Å². The van der Waals surface area contributed by atoms with Gasteiger partial charge in [-0.2, -0.15) is 0 Å². The summed E-state index contributed by atoms with van der Waals surface area (Å²) in [6.07, 6.45) is 44.8. The monoisotopic (exact) mass is 842 g/mol. The van der Waals surface area contributed by atoms with Crippen molar-refractivity contribution in [3.05, 3.63) is 24.3 Å². The molecule has 2 atom stereocenters. The van der Waals surface area contributed by atoms with Gasteiger partial charge in [0.1, 0.15) is 19.8 Å². The molecular weight excluding hydrogens is 750 g/mol. The van der Waals surface area contributed by atoms with E-state index >= 15 is 0 Å². The average Bonchev–Trinajstić information content (AvgIpc) is 3.17. The number of allylic oxidation sites excluding steroid dienone is 4. The van der Waals surface area contributed by atoms with Crippen LogP contribution in [0, 0.1) is 0 Å². The summed E-state index contributed by atoms with van der Waals surface area (Å²) in [6.45, 7) is 4.23. The van der Waals surface area contributed by atoms with E-state index in [1.54, 1.807) is 0 Å². The molecule has 0 bridgehead atoms. The summed E-state index contributed by atoms with van der Waals surface area (Å²) in [5, 5.41) is 0. The Hall–Kier alpha value is -1.51. The third kappa shape index (κ3) is 44.1. The molecule has 1 unspecified atom stereocenters. The number of nitrogens with zero attached hydrogens (tertiary/aromatic N) is 1. The molecule has 0 heterocycles. The van der Waals surface area contributed by atoms with E-state index in [9.17, 15) is 19.0 Å². The SMILES string of the molecule is CCCCC/C=C/C/C=C/CCCCCCCCCCCC(=O)O[C@H](COC(=O)CCCCCCCCCCCCCCCCC)COP(=O)([O-])OCC[N+](C)(C)C. The topological polar surface area (TPSA) is 111 Å². The number of phosphoric acid groups is 1. The van der Waals surface area contributed by atoms with Crippen molar-refractivity contribution in [2.75, 3.05) is 47.5 Å². The number of hydrogen-bond acceptors (Lipinski definition) is 8. The Labute approximate surface area is 358 Å². The van der Waals surface area contributed by atoms with Gasteiger partial charge in [-0.25, -0.2) is 0 Å². The molecule has 0 aromatic rings. The highest BCUT2D eigenvalue weighted by Gasteiger charge is 2.21. The first kappa shape index (κ1) is 56.5. The summed E-state index contributed by atoms with van der Waals surface area (Å²) in [4.78, 5) is 37.6. The fourth-order valence-corrected chi connectivity index (χ4v) is 7.41. The fourth-order valence-electron chi connectivity index (χ4n) is 6.69. The van der Waals surface area contributed by atoms with Crippen LogP contribution in [0.2, 0.25) is 0 Å². The van der Waals surface area contributed by atoms with Crippen molar-refractivity contribution in [1.29, 1.82) is 0 Å². The molecule has 0 saturated carbocycles. The molecule has 10 heteroatoms. The molecule has 58 heavy (non-hydrogen) atoms. The Morgan fingerprint density at radius 1 is 0.534 bits per heavy atom. The number of quaternary nitrogens is 1. The first-order valence-electron chi connectivity index (χ1n) is 24.0. The number of unbranched alkanes of at least 4 members (excludes halogenated alkanes) is 26. The summed E-state index contributed by atoms with van der Waals surface area (Å²) < 4.78 is 34.0. The minimum absolute atomic E-state index is 0.0296. The van der Waals surface area contributed by atoms with Crippen LogP contribution in [0.15, 0.2) is 24.3 Å². The Morgan fingerprint density at radius 3 is 1.40 bits per heavy atom. The van der Waals surface area contributed by atoms with Gasteiger partial charge in [-0.05, 0) is 44.9 Å². The lowest BCUT2D eigenvalue weighted by Crippen LogP contribution is -2.37.